The Bertz CT molecular complexity index is 784. The fourth-order valence-electron chi connectivity index (χ4n) is 2.35. The molecule has 1 aromatic heterocycles. The van der Waals surface area contributed by atoms with Gasteiger partial charge in [-0.2, -0.15) is 4.31 Å². The summed E-state index contributed by atoms with van der Waals surface area (Å²) in [6, 6.07) is 5.20. The highest BCUT2D eigenvalue weighted by Gasteiger charge is 2.24. The fraction of sp³-hybridized carbons (Fsp3) is 0.400. The minimum atomic E-state index is -3.51. The number of sulfonamides is 1. The third-order valence-electron chi connectivity index (χ3n) is 3.71. The van der Waals surface area contributed by atoms with Crippen LogP contribution in [0.2, 0.25) is 0 Å². The molecule has 0 aliphatic carbocycles. The topological polar surface area (TPSA) is 59.5 Å². The lowest BCUT2D eigenvalue weighted by atomic mass is 10.1. The molecule has 0 saturated heterocycles. The van der Waals surface area contributed by atoms with Gasteiger partial charge in [0.25, 0.3) is 0 Å². The average molecular weight is 338 g/mol. The number of hydrogen-bond acceptors (Lipinski definition) is 5. The first kappa shape index (κ1) is 15.6. The van der Waals surface area contributed by atoms with E-state index in [0.29, 0.717) is 24.7 Å². The predicted molar refractivity (Wildman–Crippen MR) is 85.1 cm³/mol. The third-order valence-corrected chi connectivity index (χ3v) is 6.63. The smallest absolute Gasteiger partial charge is 0.243 e. The number of aromatic nitrogens is 1. The van der Waals surface area contributed by atoms with Crippen LogP contribution in [0.4, 0.5) is 0 Å². The van der Waals surface area contributed by atoms with Crippen LogP contribution in [0.25, 0.3) is 0 Å². The molecule has 118 valence electrons. The molecule has 2 aromatic rings. The Morgan fingerprint density at radius 3 is 2.82 bits per heavy atom. The molecule has 7 heteroatoms. The van der Waals surface area contributed by atoms with Gasteiger partial charge in [0.15, 0.2) is 0 Å². The van der Waals surface area contributed by atoms with Crippen LogP contribution in [0.15, 0.2) is 29.3 Å². The average Bonchev–Trinajstić information content (AvgIpc) is 3.14. The molecule has 2 heterocycles. The van der Waals surface area contributed by atoms with Gasteiger partial charge in [0.2, 0.25) is 10.0 Å². The van der Waals surface area contributed by atoms with Crippen molar-refractivity contribution < 1.29 is 13.2 Å². The van der Waals surface area contributed by atoms with Gasteiger partial charge in [-0.05, 0) is 29.7 Å². The summed E-state index contributed by atoms with van der Waals surface area (Å²) in [4.78, 5) is 5.76. The van der Waals surface area contributed by atoms with Crippen molar-refractivity contribution in [3.8, 4) is 0 Å². The van der Waals surface area contributed by atoms with E-state index in [1.54, 1.807) is 30.5 Å². The zero-order valence-electron chi connectivity index (χ0n) is 12.6. The van der Waals surface area contributed by atoms with Crippen molar-refractivity contribution in [1.29, 1.82) is 0 Å². The largest absolute Gasteiger partial charge is 0.372 e. The Hall–Kier alpha value is -1.28. The molecule has 22 heavy (non-hydrogen) atoms. The second kappa shape index (κ2) is 6.08. The monoisotopic (exact) mass is 338 g/mol. The molecule has 1 aromatic carbocycles. The molecule has 0 N–H and O–H groups in total. The van der Waals surface area contributed by atoms with Crippen LogP contribution < -0.4 is 0 Å². The van der Waals surface area contributed by atoms with Crippen molar-refractivity contribution >= 4 is 21.4 Å². The van der Waals surface area contributed by atoms with Crippen molar-refractivity contribution in [2.24, 2.45) is 0 Å². The van der Waals surface area contributed by atoms with E-state index in [4.69, 9.17) is 4.74 Å². The second-order valence-corrected chi connectivity index (χ2v) is 8.50. The highest BCUT2D eigenvalue weighted by molar-refractivity contribution is 7.89. The summed E-state index contributed by atoms with van der Waals surface area (Å²) in [6.45, 7) is 3.39. The summed E-state index contributed by atoms with van der Waals surface area (Å²) in [5, 5.41) is 0.812. The maximum absolute atomic E-state index is 12.7. The highest BCUT2D eigenvalue weighted by atomic mass is 32.2. The van der Waals surface area contributed by atoms with E-state index in [-0.39, 0.29) is 0 Å². The lowest BCUT2D eigenvalue weighted by Gasteiger charge is -2.16. The number of thiazole rings is 1. The minimum absolute atomic E-state index is 0.292. The quantitative estimate of drug-likeness (QED) is 0.841. The van der Waals surface area contributed by atoms with Crippen LogP contribution in [-0.2, 0) is 40.9 Å². The van der Waals surface area contributed by atoms with E-state index >= 15 is 0 Å². The van der Waals surface area contributed by atoms with Gasteiger partial charge in [-0.15, -0.1) is 11.3 Å². The van der Waals surface area contributed by atoms with Crippen LogP contribution in [-0.4, -0.2) is 24.8 Å². The van der Waals surface area contributed by atoms with E-state index in [1.165, 1.54) is 4.31 Å². The molecule has 0 bridgehead atoms. The number of fused-ring (bicyclic) bond motifs is 1. The maximum atomic E-state index is 12.7. The first-order valence-corrected chi connectivity index (χ1v) is 9.36. The summed E-state index contributed by atoms with van der Waals surface area (Å²) in [5.74, 6) is 0. The van der Waals surface area contributed by atoms with Crippen molar-refractivity contribution in [2.75, 3.05) is 7.05 Å². The van der Waals surface area contributed by atoms with E-state index in [2.05, 4.69) is 11.9 Å². The standard InChI is InChI=1S/C15H18N2O3S2/c1-3-13-7-16-15(21-13)8-17(2)22(18,19)14-5-4-11-9-20-10-12(11)6-14/h4-7H,3,8-10H2,1-2H3. The molecule has 3 rings (SSSR count). The fourth-order valence-corrected chi connectivity index (χ4v) is 4.53. The number of aryl methyl sites for hydroxylation is 1. The van der Waals surface area contributed by atoms with Gasteiger partial charge in [-0.1, -0.05) is 13.0 Å². The Balaban J connectivity index is 1.82. The molecule has 1 aliphatic rings. The molecule has 0 amide bonds. The van der Waals surface area contributed by atoms with Crippen LogP contribution in [0.3, 0.4) is 0 Å². The molecule has 0 fully saturated rings. The lowest BCUT2D eigenvalue weighted by molar-refractivity contribution is 0.134. The Kier molecular flexibility index (Phi) is 4.31. The molecule has 0 atom stereocenters. The molecular formula is C15H18N2O3S2. The molecule has 1 aliphatic heterocycles. The molecular weight excluding hydrogens is 320 g/mol. The number of rotatable bonds is 5. The van der Waals surface area contributed by atoms with Crippen LogP contribution in [0.1, 0.15) is 27.9 Å². The summed E-state index contributed by atoms with van der Waals surface area (Å²) in [5.41, 5.74) is 2.02. The minimum Gasteiger partial charge on any atom is -0.372 e. The van der Waals surface area contributed by atoms with E-state index in [0.717, 1.165) is 27.4 Å². The SMILES string of the molecule is CCc1cnc(CN(C)S(=O)(=O)c2ccc3c(c2)COC3)s1. The van der Waals surface area contributed by atoms with Crippen molar-refractivity contribution in [2.45, 2.75) is 38.0 Å². The molecule has 0 spiro atoms. The van der Waals surface area contributed by atoms with Crippen LogP contribution >= 0.6 is 11.3 Å². The third kappa shape index (κ3) is 2.94. The second-order valence-electron chi connectivity index (χ2n) is 5.26. The normalized spacial score (nSPS) is 14.5. The van der Waals surface area contributed by atoms with Crippen molar-refractivity contribution in [3.05, 3.63) is 45.4 Å². The molecule has 0 saturated carbocycles. The predicted octanol–water partition coefficient (Wildman–Crippen LogP) is 2.56. The van der Waals surface area contributed by atoms with Gasteiger partial charge in [0.05, 0.1) is 24.7 Å². The van der Waals surface area contributed by atoms with Crippen molar-refractivity contribution in [1.82, 2.24) is 9.29 Å². The van der Waals surface area contributed by atoms with Crippen molar-refractivity contribution in [3.63, 3.8) is 0 Å². The number of ether oxygens (including phenoxy) is 1. The Morgan fingerprint density at radius 2 is 2.09 bits per heavy atom. The highest BCUT2D eigenvalue weighted by Crippen LogP contribution is 2.25. The maximum Gasteiger partial charge on any atom is 0.243 e. The Labute approximate surface area is 134 Å². The zero-order chi connectivity index (χ0) is 15.7. The van der Waals surface area contributed by atoms with Gasteiger partial charge in [-0.3, -0.25) is 0 Å². The van der Waals surface area contributed by atoms with Gasteiger partial charge < -0.3 is 4.74 Å². The van der Waals surface area contributed by atoms with Gasteiger partial charge in [0, 0.05) is 18.1 Å². The number of nitrogens with zero attached hydrogens (tertiary/aromatic N) is 2. The summed E-state index contributed by atoms with van der Waals surface area (Å²) in [7, 11) is -1.92. The summed E-state index contributed by atoms with van der Waals surface area (Å²) < 4.78 is 32.0. The molecule has 5 nitrogen and oxygen atoms in total. The first-order chi connectivity index (χ1) is 10.5. The van der Waals surface area contributed by atoms with Gasteiger partial charge >= 0.3 is 0 Å². The summed E-state index contributed by atoms with van der Waals surface area (Å²) >= 11 is 1.56. The summed E-state index contributed by atoms with van der Waals surface area (Å²) in [6.07, 6.45) is 2.73. The van der Waals surface area contributed by atoms with Gasteiger partial charge in [-0.25, -0.2) is 13.4 Å². The van der Waals surface area contributed by atoms with E-state index in [9.17, 15) is 8.42 Å². The first-order valence-electron chi connectivity index (χ1n) is 7.10. The van der Waals surface area contributed by atoms with Crippen LogP contribution in [0.5, 0.6) is 0 Å². The number of benzene rings is 1. The lowest BCUT2D eigenvalue weighted by Crippen LogP contribution is -2.26. The number of hydrogen-bond donors (Lipinski definition) is 0. The van der Waals surface area contributed by atoms with E-state index < -0.39 is 10.0 Å². The Morgan fingerprint density at radius 1 is 1.32 bits per heavy atom. The van der Waals surface area contributed by atoms with Gasteiger partial charge in [0.1, 0.15) is 5.01 Å². The molecule has 0 radical (unpaired) electrons. The van der Waals surface area contributed by atoms with Crippen LogP contribution in [0, 0.1) is 0 Å². The molecule has 0 unspecified atom stereocenters. The zero-order valence-corrected chi connectivity index (χ0v) is 14.2. The van der Waals surface area contributed by atoms with E-state index in [1.807, 2.05) is 12.3 Å².